The summed E-state index contributed by atoms with van der Waals surface area (Å²) in [7, 11) is 1.98. The van der Waals surface area contributed by atoms with Crippen molar-refractivity contribution in [3.63, 3.8) is 0 Å². The molecular formula is C12H20N4S. The molecule has 1 aliphatic heterocycles. The predicted molar refractivity (Wildman–Crippen MR) is 73.5 cm³/mol. The van der Waals surface area contributed by atoms with E-state index in [1.807, 2.05) is 29.7 Å². The van der Waals surface area contributed by atoms with E-state index in [1.165, 1.54) is 24.3 Å². The maximum Gasteiger partial charge on any atom is 0.156 e. The molecule has 1 aromatic rings. The first kappa shape index (κ1) is 12.5. The number of amidine groups is 1. The zero-order valence-electron chi connectivity index (χ0n) is 10.5. The summed E-state index contributed by atoms with van der Waals surface area (Å²) in [5, 5.41) is 8.76. The molecule has 0 spiro atoms. The quantitative estimate of drug-likeness (QED) is 0.889. The van der Waals surface area contributed by atoms with Gasteiger partial charge in [0.2, 0.25) is 0 Å². The Bertz CT molecular complexity index is 386. The fraction of sp³-hybridized carbons (Fsp3) is 0.667. The number of hydrogen-bond donors (Lipinski definition) is 1. The molecule has 1 N–H and O–H groups in total. The Morgan fingerprint density at radius 3 is 3.24 bits per heavy atom. The molecule has 1 saturated heterocycles. The number of aryl methyl sites for hydroxylation is 1. The number of aromatic nitrogens is 2. The largest absolute Gasteiger partial charge is 0.362 e. The zero-order chi connectivity index (χ0) is 12.1. The predicted octanol–water partition coefficient (Wildman–Crippen LogP) is 1.82. The van der Waals surface area contributed by atoms with Crippen LogP contribution in [0.4, 0.5) is 0 Å². The van der Waals surface area contributed by atoms with Crippen molar-refractivity contribution < 1.29 is 0 Å². The molecule has 0 saturated carbocycles. The highest BCUT2D eigenvalue weighted by Gasteiger charge is 2.15. The van der Waals surface area contributed by atoms with Crippen molar-refractivity contribution in [1.82, 2.24) is 15.1 Å². The molecule has 1 unspecified atom stereocenters. The molecule has 1 atom stereocenters. The summed E-state index contributed by atoms with van der Waals surface area (Å²) < 4.78 is 1.91. The molecule has 2 rings (SSSR count). The molecular weight excluding hydrogens is 232 g/mol. The number of thioether (sulfide) groups is 1. The van der Waals surface area contributed by atoms with Crippen molar-refractivity contribution in [3.05, 3.63) is 18.0 Å². The number of rotatable bonds is 4. The van der Waals surface area contributed by atoms with E-state index in [0.29, 0.717) is 6.04 Å². The molecule has 94 valence electrons. The van der Waals surface area contributed by atoms with Gasteiger partial charge in [-0.1, -0.05) is 18.7 Å². The van der Waals surface area contributed by atoms with E-state index in [9.17, 15) is 0 Å². The second-order valence-electron chi connectivity index (χ2n) is 4.27. The smallest absolute Gasteiger partial charge is 0.156 e. The molecule has 0 aromatic carbocycles. The Morgan fingerprint density at radius 2 is 2.53 bits per heavy atom. The molecule has 5 heteroatoms. The van der Waals surface area contributed by atoms with E-state index in [1.54, 1.807) is 0 Å². The van der Waals surface area contributed by atoms with E-state index in [2.05, 4.69) is 28.4 Å². The van der Waals surface area contributed by atoms with Gasteiger partial charge in [0.15, 0.2) is 5.17 Å². The topological polar surface area (TPSA) is 42.2 Å². The third kappa shape index (κ3) is 3.49. The number of aliphatic imine (C=N–C) groups is 1. The molecule has 1 fully saturated rings. The van der Waals surface area contributed by atoms with Crippen LogP contribution in [-0.2, 0) is 13.5 Å². The van der Waals surface area contributed by atoms with Gasteiger partial charge < -0.3 is 5.32 Å². The normalized spacial score (nSPS) is 22.7. The SMILES string of the molecule is CCC1CCSC(=NCCc2ccnn2C)N1. The van der Waals surface area contributed by atoms with Crippen LogP contribution in [0.25, 0.3) is 0 Å². The first-order valence-electron chi connectivity index (χ1n) is 6.20. The summed E-state index contributed by atoms with van der Waals surface area (Å²) in [5.74, 6) is 1.19. The van der Waals surface area contributed by atoms with Crippen molar-refractivity contribution in [1.29, 1.82) is 0 Å². The Morgan fingerprint density at radius 1 is 1.65 bits per heavy atom. The molecule has 0 aliphatic carbocycles. The third-order valence-electron chi connectivity index (χ3n) is 3.07. The van der Waals surface area contributed by atoms with Gasteiger partial charge in [-0.15, -0.1) is 0 Å². The number of nitrogens with zero attached hydrogens (tertiary/aromatic N) is 3. The fourth-order valence-corrected chi connectivity index (χ4v) is 2.93. The van der Waals surface area contributed by atoms with Gasteiger partial charge in [0.05, 0.1) is 0 Å². The summed E-state index contributed by atoms with van der Waals surface area (Å²) >= 11 is 1.84. The molecule has 0 amide bonds. The summed E-state index contributed by atoms with van der Waals surface area (Å²) in [6.45, 7) is 3.06. The lowest BCUT2D eigenvalue weighted by atomic mass is 10.2. The van der Waals surface area contributed by atoms with E-state index in [-0.39, 0.29) is 0 Å². The standard InChI is InChI=1S/C12H20N4S/c1-3-10-6-9-17-12(15-10)13-7-4-11-5-8-14-16(11)2/h5,8,10H,3-4,6-7,9H2,1-2H3,(H,13,15). The minimum atomic E-state index is 0.617. The van der Waals surface area contributed by atoms with E-state index in [4.69, 9.17) is 0 Å². The third-order valence-corrected chi connectivity index (χ3v) is 4.03. The average Bonchev–Trinajstić information content (AvgIpc) is 2.76. The lowest BCUT2D eigenvalue weighted by Crippen LogP contribution is -2.37. The van der Waals surface area contributed by atoms with E-state index in [0.717, 1.165) is 18.1 Å². The lowest BCUT2D eigenvalue weighted by Gasteiger charge is -2.24. The number of hydrogen-bond acceptors (Lipinski definition) is 3. The van der Waals surface area contributed by atoms with E-state index < -0.39 is 0 Å². The van der Waals surface area contributed by atoms with Crippen LogP contribution in [0.1, 0.15) is 25.5 Å². The van der Waals surface area contributed by atoms with Gasteiger partial charge in [0.25, 0.3) is 0 Å². The van der Waals surface area contributed by atoms with Gasteiger partial charge in [0, 0.05) is 43.7 Å². The molecule has 1 aliphatic rings. The van der Waals surface area contributed by atoms with Crippen LogP contribution in [0.2, 0.25) is 0 Å². The Balaban J connectivity index is 1.82. The minimum absolute atomic E-state index is 0.617. The van der Waals surface area contributed by atoms with Gasteiger partial charge >= 0.3 is 0 Å². The van der Waals surface area contributed by atoms with Gasteiger partial charge in [-0.3, -0.25) is 9.67 Å². The monoisotopic (exact) mass is 252 g/mol. The highest BCUT2D eigenvalue weighted by molar-refractivity contribution is 8.13. The second-order valence-corrected chi connectivity index (χ2v) is 5.35. The van der Waals surface area contributed by atoms with Crippen LogP contribution < -0.4 is 5.32 Å². The van der Waals surface area contributed by atoms with Gasteiger partial charge in [0.1, 0.15) is 0 Å². The zero-order valence-corrected chi connectivity index (χ0v) is 11.3. The molecule has 17 heavy (non-hydrogen) atoms. The summed E-state index contributed by atoms with van der Waals surface area (Å²) in [5.41, 5.74) is 1.24. The van der Waals surface area contributed by atoms with Crippen molar-refractivity contribution in [2.24, 2.45) is 12.0 Å². The Labute approximate surface area is 107 Å². The first-order chi connectivity index (χ1) is 8.29. The summed E-state index contributed by atoms with van der Waals surface area (Å²) in [4.78, 5) is 4.62. The maximum atomic E-state index is 4.62. The molecule has 0 radical (unpaired) electrons. The van der Waals surface area contributed by atoms with Crippen LogP contribution in [0.15, 0.2) is 17.3 Å². The van der Waals surface area contributed by atoms with Crippen LogP contribution in [0, 0.1) is 0 Å². The number of nitrogens with one attached hydrogen (secondary N) is 1. The Hall–Kier alpha value is -0.970. The summed E-state index contributed by atoms with van der Waals surface area (Å²) in [6.07, 6.45) is 5.23. The maximum absolute atomic E-state index is 4.62. The van der Waals surface area contributed by atoms with Gasteiger partial charge in [-0.2, -0.15) is 5.10 Å². The average molecular weight is 252 g/mol. The van der Waals surface area contributed by atoms with Gasteiger partial charge in [-0.25, -0.2) is 0 Å². The van der Waals surface area contributed by atoms with Crippen molar-refractivity contribution in [2.45, 2.75) is 32.2 Å². The van der Waals surface area contributed by atoms with Crippen molar-refractivity contribution in [2.75, 3.05) is 12.3 Å². The highest BCUT2D eigenvalue weighted by atomic mass is 32.2. The van der Waals surface area contributed by atoms with Crippen molar-refractivity contribution >= 4 is 16.9 Å². The van der Waals surface area contributed by atoms with Crippen molar-refractivity contribution in [3.8, 4) is 0 Å². The minimum Gasteiger partial charge on any atom is -0.362 e. The molecule has 1 aromatic heterocycles. The van der Waals surface area contributed by atoms with Crippen LogP contribution in [0.5, 0.6) is 0 Å². The van der Waals surface area contributed by atoms with Gasteiger partial charge in [-0.05, 0) is 18.9 Å². The highest BCUT2D eigenvalue weighted by Crippen LogP contribution is 2.15. The molecule has 2 heterocycles. The summed E-state index contributed by atoms with van der Waals surface area (Å²) in [6, 6.07) is 2.67. The first-order valence-corrected chi connectivity index (χ1v) is 7.19. The van der Waals surface area contributed by atoms with Crippen LogP contribution >= 0.6 is 11.8 Å². The van der Waals surface area contributed by atoms with Crippen LogP contribution in [0.3, 0.4) is 0 Å². The molecule has 4 nitrogen and oxygen atoms in total. The molecule has 0 bridgehead atoms. The Kier molecular flexibility index (Phi) is 4.48. The second kappa shape index (κ2) is 6.10. The lowest BCUT2D eigenvalue weighted by molar-refractivity contribution is 0.570. The van der Waals surface area contributed by atoms with Crippen LogP contribution in [-0.4, -0.2) is 33.3 Å². The van der Waals surface area contributed by atoms with E-state index >= 15 is 0 Å². The fourth-order valence-electron chi connectivity index (χ4n) is 1.90.